The van der Waals surface area contributed by atoms with E-state index in [0.29, 0.717) is 6.42 Å². The summed E-state index contributed by atoms with van der Waals surface area (Å²) in [5.41, 5.74) is 0. The van der Waals surface area contributed by atoms with Gasteiger partial charge in [-0.15, -0.1) is 0 Å². The fourth-order valence-corrected chi connectivity index (χ4v) is 1.59. The molecule has 1 atom stereocenters. The molecule has 14 heavy (non-hydrogen) atoms. The number of halogens is 1. The van der Waals surface area contributed by atoms with Gasteiger partial charge >= 0.3 is 0 Å². The zero-order valence-corrected chi connectivity index (χ0v) is 9.47. The Kier molecular flexibility index (Phi) is 10.9. The largest absolute Gasteiger partial charge is 0.396 e. The van der Waals surface area contributed by atoms with E-state index in [2.05, 4.69) is 6.92 Å². The lowest BCUT2D eigenvalue weighted by Gasteiger charge is -2.06. The van der Waals surface area contributed by atoms with E-state index in [1.54, 1.807) is 0 Å². The summed E-state index contributed by atoms with van der Waals surface area (Å²) in [4.78, 5) is 0. The minimum atomic E-state index is -0.636. The second-order valence-electron chi connectivity index (χ2n) is 4.02. The average molecular weight is 204 g/mol. The van der Waals surface area contributed by atoms with Gasteiger partial charge in [-0.3, -0.25) is 0 Å². The molecule has 0 unspecified atom stereocenters. The smallest absolute Gasteiger partial charge is 0.100 e. The Morgan fingerprint density at radius 3 is 2.07 bits per heavy atom. The molecule has 0 aromatic carbocycles. The quantitative estimate of drug-likeness (QED) is 0.536. The van der Waals surface area contributed by atoms with Crippen molar-refractivity contribution in [3.8, 4) is 0 Å². The van der Waals surface area contributed by atoms with E-state index >= 15 is 0 Å². The van der Waals surface area contributed by atoms with Gasteiger partial charge in [0.15, 0.2) is 0 Å². The Balaban J connectivity index is 3.06. The third-order valence-corrected chi connectivity index (χ3v) is 2.55. The predicted molar refractivity (Wildman–Crippen MR) is 59.2 cm³/mol. The van der Waals surface area contributed by atoms with E-state index in [1.807, 2.05) is 0 Å². The first-order valence-corrected chi connectivity index (χ1v) is 6.06. The number of unbranched alkanes of at least 4 members (excludes halogenated alkanes) is 5. The highest BCUT2D eigenvalue weighted by Crippen LogP contribution is 2.13. The van der Waals surface area contributed by atoms with Gasteiger partial charge in [0.25, 0.3) is 0 Å². The molecule has 0 saturated carbocycles. The van der Waals surface area contributed by atoms with Crippen LogP contribution in [0.15, 0.2) is 0 Å². The molecule has 1 nitrogen and oxygen atoms in total. The van der Waals surface area contributed by atoms with Crippen molar-refractivity contribution in [1.82, 2.24) is 0 Å². The number of hydrogen-bond acceptors (Lipinski definition) is 1. The van der Waals surface area contributed by atoms with Crippen molar-refractivity contribution in [1.29, 1.82) is 0 Å². The monoisotopic (exact) mass is 204 g/mol. The summed E-state index contributed by atoms with van der Waals surface area (Å²) in [6, 6.07) is 0. The molecular formula is C12H25FO. The first kappa shape index (κ1) is 13.9. The molecule has 0 aromatic rings. The Labute approximate surface area is 87.7 Å². The highest BCUT2D eigenvalue weighted by Gasteiger charge is 2.04. The maximum Gasteiger partial charge on any atom is 0.100 e. The van der Waals surface area contributed by atoms with Crippen molar-refractivity contribution < 1.29 is 9.50 Å². The van der Waals surface area contributed by atoms with E-state index < -0.39 is 6.17 Å². The summed E-state index contributed by atoms with van der Waals surface area (Å²) in [7, 11) is 0. The van der Waals surface area contributed by atoms with Gasteiger partial charge in [-0.2, -0.15) is 0 Å². The molecule has 0 aromatic heterocycles. The Morgan fingerprint density at radius 1 is 0.929 bits per heavy atom. The van der Waals surface area contributed by atoms with Crippen molar-refractivity contribution in [3.63, 3.8) is 0 Å². The summed E-state index contributed by atoms with van der Waals surface area (Å²) >= 11 is 0. The highest BCUT2D eigenvalue weighted by molar-refractivity contribution is 4.57. The third kappa shape index (κ3) is 9.97. The van der Waals surface area contributed by atoms with Crippen LogP contribution in [0.25, 0.3) is 0 Å². The summed E-state index contributed by atoms with van der Waals surface area (Å²) in [5.74, 6) is 0. The number of rotatable bonds is 10. The molecule has 0 spiro atoms. The van der Waals surface area contributed by atoms with E-state index in [0.717, 1.165) is 25.7 Å². The Hall–Kier alpha value is -0.110. The summed E-state index contributed by atoms with van der Waals surface area (Å²) < 4.78 is 13.2. The molecule has 2 heteroatoms. The lowest BCUT2D eigenvalue weighted by Crippen LogP contribution is -2.00. The molecule has 0 aliphatic rings. The van der Waals surface area contributed by atoms with Gasteiger partial charge in [0.2, 0.25) is 0 Å². The molecule has 1 N–H and O–H groups in total. The maximum atomic E-state index is 13.2. The molecule has 86 valence electrons. The van der Waals surface area contributed by atoms with Crippen molar-refractivity contribution in [2.75, 3.05) is 6.61 Å². The second kappa shape index (κ2) is 11.0. The minimum absolute atomic E-state index is 0.198. The molecule has 0 bridgehead atoms. The van der Waals surface area contributed by atoms with Crippen LogP contribution in [0.5, 0.6) is 0 Å². The highest BCUT2D eigenvalue weighted by atomic mass is 19.1. The SMILES string of the molecule is CCCCCCC[C@H](F)CCCCO. The summed E-state index contributed by atoms with van der Waals surface area (Å²) in [6.45, 7) is 2.38. The van der Waals surface area contributed by atoms with Gasteiger partial charge in [-0.1, -0.05) is 39.0 Å². The van der Waals surface area contributed by atoms with Gasteiger partial charge in [0.1, 0.15) is 6.17 Å². The minimum Gasteiger partial charge on any atom is -0.396 e. The number of hydrogen-bond donors (Lipinski definition) is 1. The van der Waals surface area contributed by atoms with Crippen molar-refractivity contribution in [2.45, 2.75) is 70.9 Å². The molecule has 0 fully saturated rings. The standard InChI is InChI=1S/C12H25FO/c1-2-3-4-5-6-9-12(13)10-7-8-11-14/h12,14H,2-11H2,1H3/t12-/m0/s1. The molecule has 0 aliphatic carbocycles. The van der Waals surface area contributed by atoms with E-state index in [1.165, 1.54) is 25.7 Å². The van der Waals surface area contributed by atoms with Crippen LogP contribution in [-0.2, 0) is 0 Å². The van der Waals surface area contributed by atoms with Crippen LogP contribution in [0.4, 0.5) is 4.39 Å². The summed E-state index contributed by atoms with van der Waals surface area (Å²) in [5, 5.41) is 8.53. The van der Waals surface area contributed by atoms with Crippen LogP contribution < -0.4 is 0 Å². The first-order valence-electron chi connectivity index (χ1n) is 6.06. The van der Waals surface area contributed by atoms with Crippen LogP contribution in [-0.4, -0.2) is 17.9 Å². The summed E-state index contributed by atoms with van der Waals surface area (Å²) in [6.07, 6.45) is 8.26. The normalized spacial score (nSPS) is 13.1. The van der Waals surface area contributed by atoms with Crippen molar-refractivity contribution in [3.05, 3.63) is 0 Å². The number of aliphatic hydroxyl groups excluding tert-OH is 1. The van der Waals surface area contributed by atoms with Crippen molar-refractivity contribution >= 4 is 0 Å². The van der Waals surface area contributed by atoms with Gasteiger partial charge in [0, 0.05) is 6.61 Å². The van der Waals surface area contributed by atoms with Crippen LogP contribution >= 0.6 is 0 Å². The van der Waals surface area contributed by atoms with Crippen molar-refractivity contribution in [2.24, 2.45) is 0 Å². The molecule has 0 heterocycles. The Bertz CT molecular complexity index is 106. The van der Waals surface area contributed by atoms with Gasteiger partial charge in [-0.05, 0) is 25.7 Å². The molecule has 0 aliphatic heterocycles. The fourth-order valence-electron chi connectivity index (χ4n) is 1.59. The van der Waals surface area contributed by atoms with E-state index in [-0.39, 0.29) is 6.61 Å². The Morgan fingerprint density at radius 2 is 1.50 bits per heavy atom. The number of alkyl halides is 1. The number of aliphatic hydroxyl groups is 1. The first-order chi connectivity index (χ1) is 6.81. The van der Waals surface area contributed by atoms with Crippen LogP contribution in [0.2, 0.25) is 0 Å². The zero-order valence-electron chi connectivity index (χ0n) is 9.47. The lowest BCUT2D eigenvalue weighted by atomic mass is 10.1. The van der Waals surface area contributed by atoms with Crippen LogP contribution in [0, 0.1) is 0 Å². The zero-order chi connectivity index (χ0) is 10.6. The lowest BCUT2D eigenvalue weighted by molar-refractivity contribution is 0.251. The maximum absolute atomic E-state index is 13.2. The van der Waals surface area contributed by atoms with E-state index in [9.17, 15) is 4.39 Å². The van der Waals surface area contributed by atoms with Gasteiger partial charge in [-0.25, -0.2) is 4.39 Å². The van der Waals surface area contributed by atoms with Gasteiger partial charge in [0.05, 0.1) is 0 Å². The second-order valence-corrected chi connectivity index (χ2v) is 4.02. The third-order valence-electron chi connectivity index (χ3n) is 2.55. The molecule has 0 rings (SSSR count). The topological polar surface area (TPSA) is 20.2 Å². The van der Waals surface area contributed by atoms with Crippen LogP contribution in [0.1, 0.15) is 64.7 Å². The fraction of sp³-hybridized carbons (Fsp3) is 1.00. The predicted octanol–water partition coefficient (Wildman–Crippen LogP) is 3.85. The van der Waals surface area contributed by atoms with Gasteiger partial charge < -0.3 is 5.11 Å². The molecular weight excluding hydrogens is 179 g/mol. The van der Waals surface area contributed by atoms with E-state index in [4.69, 9.17) is 5.11 Å². The molecule has 0 amide bonds. The van der Waals surface area contributed by atoms with Crippen LogP contribution in [0.3, 0.4) is 0 Å². The molecule has 0 saturated heterocycles. The molecule has 0 radical (unpaired) electrons. The average Bonchev–Trinajstić information content (AvgIpc) is 2.18.